The predicted octanol–water partition coefficient (Wildman–Crippen LogP) is 0.975. The lowest BCUT2D eigenvalue weighted by molar-refractivity contribution is -0.138. The van der Waals surface area contributed by atoms with E-state index in [2.05, 4.69) is 10.2 Å². The molecule has 110 valence electrons. The Hall–Kier alpha value is -1.30. The first-order valence-corrected chi connectivity index (χ1v) is 6.66. The molecule has 2 N–H and O–H groups in total. The molecule has 19 heavy (non-hydrogen) atoms. The number of nitrogens with one attached hydrogen (secondary N) is 1. The lowest BCUT2D eigenvalue weighted by atomic mass is 10.0. The van der Waals surface area contributed by atoms with Gasteiger partial charge in [0.25, 0.3) is 0 Å². The molecule has 1 saturated heterocycles. The van der Waals surface area contributed by atoms with E-state index in [0.29, 0.717) is 0 Å². The Bertz CT molecular complexity index is 344. The lowest BCUT2D eigenvalue weighted by Crippen LogP contribution is -2.55. The summed E-state index contributed by atoms with van der Waals surface area (Å²) < 4.78 is 0. The molecule has 0 aliphatic carbocycles. The normalized spacial score (nSPS) is 20.9. The number of carbonyl (C=O) groups excluding carboxylic acids is 1. The minimum atomic E-state index is -0.912. The second-order valence-corrected chi connectivity index (χ2v) is 6.05. The quantitative estimate of drug-likeness (QED) is 0.799. The molecule has 1 atom stereocenters. The number of amides is 2. The van der Waals surface area contributed by atoms with Crippen LogP contribution in [0.15, 0.2) is 0 Å². The molecule has 0 bridgehead atoms. The Kier molecular flexibility index (Phi) is 5.17. The molecule has 0 spiro atoms. The summed E-state index contributed by atoms with van der Waals surface area (Å²) >= 11 is 0. The number of carboxylic acid groups (broad SMARTS) is 1. The van der Waals surface area contributed by atoms with Crippen LogP contribution in [-0.4, -0.2) is 65.7 Å². The van der Waals surface area contributed by atoms with Crippen molar-refractivity contribution >= 4 is 12.0 Å². The lowest BCUT2D eigenvalue weighted by Gasteiger charge is -2.37. The second kappa shape index (κ2) is 6.23. The number of rotatable bonds is 4. The average Bonchev–Trinajstić information content (AvgIpc) is 2.25. The van der Waals surface area contributed by atoms with Gasteiger partial charge in [-0.05, 0) is 40.3 Å². The zero-order valence-corrected chi connectivity index (χ0v) is 12.3. The minimum Gasteiger partial charge on any atom is -0.481 e. The van der Waals surface area contributed by atoms with E-state index in [-0.39, 0.29) is 18.5 Å². The molecule has 6 nitrogen and oxygen atoms in total. The number of likely N-dealkylation sites (N-methyl/N-ethyl adjacent to an activating group) is 2. The zero-order chi connectivity index (χ0) is 14.6. The van der Waals surface area contributed by atoms with Gasteiger partial charge in [0, 0.05) is 25.2 Å². The maximum atomic E-state index is 12.1. The molecular formula is C13H25N3O3. The summed E-state index contributed by atoms with van der Waals surface area (Å²) in [7, 11) is 3.82. The third-order valence-corrected chi connectivity index (χ3v) is 3.51. The van der Waals surface area contributed by atoms with Crippen LogP contribution in [0.2, 0.25) is 0 Å². The van der Waals surface area contributed by atoms with Crippen molar-refractivity contribution in [1.29, 1.82) is 0 Å². The monoisotopic (exact) mass is 271 g/mol. The molecule has 2 amide bonds. The summed E-state index contributed by atoms with van der Waals surface area (Å²) in [6.45, 7) is 5.37. The van der Waals surface area contributed by atoms with Gasteiger partial charge in [0.1, 0.15) is 0 Å². The summed E-state index contributed by atoms with van der Waals surface area (Å²) in [4.78, 5) is 26.8. The van der Waals surface area contributed by atoms with E-state index in [1.165, 1.54) is 0 Å². The van der Waals surface area contributed by atoms with Crippen molar-refractivity contribution in [2.24, 2.45) is 0 Å². The second-order valence-electron chi connectivity index (χ2n) is 6.05. The first kappa shape index (κ1) is 15.8. The maximum absolute atomic E-state index is 12.1. The Morgan fingerprint density at radius 3 is 2.63 bits per heavy atom. The molecule has 1 aliphatic heterocycles. The number of aliphatic carboxylic acids is 1. The Morgan fingerprint density at radius 1 is 1.47 bits per heavy atom. The molecule has 1 rings (SSSR count). The third kappa shape index (κ3) is 5.06. The van der Waals surface area contributed by atoms with Gasteiger partial charge in [-0.3, -0.25) is 4.79 Å². The van der Waals surface area contributed by atoms with Gasteiger partial charge in [0.15, 0.2) is 0 Å². The van der Waals surface area contributed by atoms with Crippen molar-refractivity contribution in [3.8, 4) is 0 Å². The van der Waals surface area contributed by atoms with Gasteiger partial charge in [-0.2, -0.15) is 0 Å². The van der Waals surface area contributed by atoms with Crippen LogP contribution in [0.25, 0.3) is 0 Å². The molecule has 6 heteroatoms. The topological polar surface area (TPSA) is 72.9 Å². The van der Waals surface area contributed by atoms with Crippen LogP contribution < -0.4 is 5.32 Å². The molecule has 0 aromatic carbocycles. The van der Waals surface area contributed by atoms with Gasteiger partial charge in [-0.1, -0.05) is 0 Å². The molecule has 0 saturated carbocycles. The van der Waals surface area contributed by atoms with Crippen molar-refractivity contribution in [3.63, 3.8) is 0 Å². The van der Waals surface area contributed by atoms with Gasteiger partial charge in [0.05, 0.1) is 6.42 Å². The fraction of sp³-hybridized carbons (Fsp3) is 0.846. The Labute approximate surface area is 114 Å². The van der Waals surface area contributed by atoms with Crippen LogP contribution in [0.4, 0.5) is 4.79 Å². The van der Waals surface area contributed by atoms with Gasteiger partial charge in [0.2, 0.25) is 0 Å². The molecule has 0 aromatic heterocycles. The first-order chi connectivity index (χ1) is 8.71. The molecule has 1 heterocycles. The minimum absolute atomic E-state index is 0.0862. The van der Waals surface area contributed by atoms with Crippen molar-refractivity contribution in [3.05, 3.63) is 0 Å². The number of carbonyl (C=O) groups is 2. The predicted molar refractivity (Wildman–Crippen MR) is 73.1 cm³/mol. The van der Waals surface area contributed by atoms with Crippen molar-refractivity contribution in [1.82, 2.24) is 15.1 Å². The highest BCUT2D eigenvalue weighted by Crippen LogP contribution is 2.15. The highest BCUT2D eigenvalue weighted by Gasteiger charge is 2.29. The smallest absolute Gasteiger partial charge is 0.317 e. The van der Waals surface area contributed by atoms with E-state index in [1.807, 2.05) is 7.05 Å². The van der Waals surface area contributed by atoms with Crippen molar-refractivity contribution in [2.45, 2.75) is 44.7 Å². The molecule has 1 unspecified atom stereocenters. The number of likely N-dealkylation sites (tertiary alicyclic amines) is 1. The van der Waals surface area contributed by atoms with Crippen molar-refractivity contribution in [2.75, 3.05) is 27.2 Å². The van der Waals surface area contributed by atoms with E-state index < -0.39 is 11.5 Å². The van der Waals surface area contributed by atoms with Gasteiger partial charge >= 0.3 is 12.0 Å². The van der Waals surface area contributed by atoms with Crippen LogP contribution in [0.3, 0.4) is 0 Å². The van der Waals surface area contributed by atoms with Crippen LogP contribution in [0.5, 0.6) is 0 Å². The van der Waals surface area contributed by atoms with Crippen molar-refractivity contribution < 1.29 is 14.7 Å². The standard InChI is InChI=1S/C13H25N3O3/c1-13(2,8-11(17)18)14-12(19)16(4)10-6-5-7-15(3)9-10/h10H,5-9H2,1-4H3,(H,14,19)(H,17,18). The Morgan fingerprint density at radius 2 is 2.11 bits per heavy atom. The summed E-state index contributed by atoms with van der Waals surface area (Å²) in [5.74, 6) is -0.912. The number of piperidine rings is 1. The van der Waals surface area contributed by atoms with E-state index >= 15 is 0 Å². The first-order valence-electron chi connectivity index (χ1n) is 6.66. The van der Waals surface area contributed by atoms with Gasteiger partial charge in [-0.25, -0.2) is 4.79 Å². The highest BCUT2D eigenvalue weighted by atomic mass is 16.4. The number of urea groups is 1. The number of hydrogen-bond donors (Lipinski definition) is 2. The average molecular weight is 271 g/mol. The van der Waals surface area contributed by atoms with E-state index in [4.69, 9.17) is 5.11 Å². The van der Waals surface area contributed by atoms with E-state index in [1.54, 1.807) is 25.8 Å². The van der Waals surface area contributed by atoms with Crippen LogP contribution in [0.1, 0.15) is 33.1 Å². The molecule has 0 aromatic rings. The fourth-order valence-electron chi connectivity index (χ4n) is 2.42. The highest BCUT2D eigenvalue weighted by molar-refractivity contribution is 5.76. The SMILES string of the molecule is CN1CCCC(N(C)C(=O)NC(C)(C)CC(=O)O)C1. The van der Waals surface area contributed by atoms with Gasteiger partial charge in [-0.15, -0.1) is 0 Å². The summed E-state index contributed by atoms with van der Waals surface area (Å²) in [5.41, 5.74) is -0.738. The number of carboxylic acids is 1. The molecule has 1 aliphatic rings. The van der Waals surface area contributed by atoms with Crippen LogP contribution in [0, 0.1) is 0 Å². The Balaban J connectivity index is 2.54. The largest absolute Gasteiger partial charge is 0.481 e. The number of nitrogens with zero attached hydrogens (tertiary/aromatic N) is 2. The fourth-order valence-corrected chi connectivity index (χ4v) is 2.42. The van der Waals surface area contributed by atoms with Crippen LogP contribution in [-0.2, 0) is 4.79 Å². The number of hydrogen-bond acceptors (Lipinski definition) is 3. The molecular weight excluding hydrogens is 246 g/mol. The third-order valence-electron chi connectivity index (χ3n) is 3.51. The zero-order valence-electron chi connectivity index (χ0n) is 12.3. The van der Waals surface area contributed by atoms with Crippen LogP contribution >= 0.6 is 0 Å². The summed E-state index contributed by atoms with van der Waals surface area (Å²) in [6.07, 6.45) is 1.99. The van der Waals surface area contributed by atoms with Gasteiger partial charge < -0.3 is 20.2 Å². The summed E-state index contributed by atoms with van der Waals surface area (Å²) in [6, 6.07) is -0.00840. The van der Waals surface area contributed by atoms with E-state index in [9.17, 15) is 9.59 Å². The van der Waals surface area contributed by atoms with E-state index in [0.717, 1.165) is 25.9 Å². The molecule has 1 fully saturated rings. The summed E-state index contributed by atoms with van der Waals surface area (Å²) in [5, 5.41) is 11.6. The maximum Gasteiger partial charge on any atom is 0.317 e. The molecule has 0 radical (unpaired) electrons.